The highest BCUT2D eigenvalue weighted by atomic mass is 16.5. The van der Waals surface area contributed by atoms with Crippen LogP contribution < -0.4 is 0 Å². The zero-order valence-corrected chi connectivity index (χ0v) is 8.83. The Morgan fingerprint density at radius 1 is 1.38 bits per heavy atom. The van der Waals surface area contributed by atoms with Crippen LogP contribution in [0.1, 0.15) is 12.8 Å². The molecule has 0 aromatic rings. The summed E-state index contributed by atoms with van der Waals surface area (Å²) in [6, 6.07) is -0.886. The Balaban J connectivity index is 2.06. The van der Waals surface area contributed by atoms with Crippen molar-refractivity contribution in [3.8, 4) is 0 Å². The van der Waals surface area contributed by atoms with E-state index >= 15 is 0 Å². The lowest BCUT2D eigenvalue weighted by Crippen LogP contribution is -2.43. The van der Waals surface area contributed by atoms with Gasteiger partial charge in [-0.25, -0.2) is 4.79 Å². The number of rotatable bonds is 2. The molecule has 2 fully saturated rings. The van der Waals surface area contributed by atoms with Gasteiger partial charge in [-0.15, -0.1) is 0 Å². The third-order valence-corrected chi connectivity index (χ3v) is 3.13. The number of likely N-dealkylation sites (tertiary alicyclic amines) is 1. The lowest BCUT2D eigenvalue weighted by atomic mass is 10.1. The Hall–Kier alpha value is -1.14. The minimum Gasteiger partial charge on any atom is -0.480 e. The van der Waals surface area contributed by atoms with E-state index in [9.17, 15) is 14.7 Å². The Kier molecular flexibility index (Phi) is 3.11. The molecule has 1 amide bonds. The lowest BCUT2D eigenvalue weighted by Gasteiger charge is -2.23. The van der Waals surface area contributed by atoms with Crippen molar-refractivity contribution in [1.82, 2.24) is 4.90 Å². The van der Waals surface area contributed by atoms with Crippen LogP contribution in [-0.2, 0) is 14.3 Å². The number of amides is 1. The van der Waals surface area contributed by atoms with Crippen molar-refractivity contribution in [2.24, 2.45) is 5.92 Å². The van der Waals surface area contributed by atoms with Crippen molar-refractivity contribution in [3.05, 3.63) is 0 Å². The fraction of sp³-hybridized carbons (Fsp3) is 0.800. The molecule has 6 heteroatoms. The minimum absolute atomic E-state index is 0.117. The summed E-state index contributed by atoms with van der Waals surface area (Å²) in [7, 11) is 0. The van der Waals surface area contributed by atoms with E-state index in [-0.39, 0.29) is 24.8 Å². The molecule has 16 heavy (non-hydrogen) atoms. The second-order valence-electron chi connectivity index (χ2n) is 4.29. The third-order valence-electron chi connectivity index (χ3n) is 3.13. The smallest absolute Gasteiger partial charge is 0.326 e. The molecule has 0 aliphatic carbocycles. The van der Waals surface area contributed by atoms with Crippen molar-refractivity contribution in [2.45, 2.75) is 25.0 Å². The van der Waals surface area contributed by atoms with Crippen molar-refractivity contribution >= 4 is 11.9 Å². The van der Waals surface area contributed by atoms with Gasteiger partial charge < -0.3 is 19.8 Å². The number of hydrogen-bond acceptors (Lipinski definition) is 4. The Bertz CT molecular complexity index is 300. The maximum Gasteiger partial charge on any atom is 0.326 e. The van der Waals surface area contributed by atoms with Gasteiger partial charge in [0.2, 0.25) is 5.91 Å². The van der Waals surface area contributed by atoms with E-state index in [4.69, 9.17) is 9.84 Å². The Morgan fingerprint density at radius 3 is 2.69 bits per heavy atom. The molecule has 0 aromatic carbocycles. The van der Waals surface area contributed by atoms with Crippen molar-refractivity contribution in [1.29, 1.82) is 0 Å². The van der Waals surface area contributed by atoms with Gasteiger partial charge in [-0.1, -0.05) is 0 Å². The second-order valence-corrected chi connectivity index (χ2v) is 4.29. The molecule has 0 spiro atoms. The highest BCUT2D eigenvalue weighted by Crippen LogP contribution is 2.23. The van der Waals surface area contributed by atoms with Gasteiger partial charge in [0.05, 0.1) is 18.6 Å². The topological polar surface area (TPSA) is 87.1 Å². The van der Waals surface area contributed by atoms with Crippen LogP contribution in [0.4, 0.5) is 0 Å². The molecule has 0 aromatic heterocycles. The molecule has 1 unspecified atom stereocenters. The van der Waals surface area contributed by atoms with Crippen LogP contribution >= 0.6 is 0 Å². The van der Waals surface area contributed by atoms with Crippen molar-refractivity contribution in [2.75, 3.05) is 19.8 Å². The molecule has 2 rings (SSSR count). The van der Waals surface area contributed by atoms with Gasteiger partial charge in [0.25, 0.3) is 0 Å². The second kappa shape index (κ2) is 4.39. The average molecular weight is 229 g/mol. The number of aliphatic hydroxyl groups excluding tert-OH is 1. The summed E-state index contributed by atoms with van der Waals surface area (Å²) < 4.78 is 5.10. The number of hydrogen-bond donors (Lipinski definition) is 2. The average Bonchev–Trinajstić information content (AvgIpc) is 2.84. The van der Waals surface area contributed by atoms with Crippen LogP contribution in [0.3, 0.4) is 0 Å². The van der Waals surface area contributed by atoms with Gasteiger partial charge in [0.15, 0.2) is 0 Å². The molecule has 0 bridgehead atoms. The summed E-state index contributed by atoms with van der Waals surface area (Å²) >= 11 is 0. The number of carbonyl (C=O) groups is 2. The minimum atomic E-state index is -1.05. The van der Waals surface area contributed by atoms with E-state index in [1.54, 1.807) is 0 Å². The summed E-state index contributed by atoms with van der Waals surface area (Å²) in [6.45, 7) is 1.02. The van der Waals surface area contributed by atoms with E-state index in [2.05, 4.69) is 0 Å². The van der Waals surface area contributed by atoms with Gasteiger partial charge >= 0.3 is 5.97 Å². The number of nitrogens with zero attached hydrogens (tertiary/aromatic N) is 1. The molecule has 2 heterocycles. The first-order chi connectivity index (χ1) is 7.59. The quantitative estimate of drug-likeness (QED) is 0.638. The molecule has 0 radical (unpaired) electrons. The third kappa shape index (κ3) is 2.03. The SMILES string of the molecule is O=C(O)[C@@H]1C[C@@H](O)CN1C(=O)C1CCOC1. The molecule has 2 aliphatic rings. The van der Waals surface area contributed by atoms with E-state index in [1.807, 2.05) is 0 Å². The van der Waals surface area contributed by atoms with E-state index < -0.39 is 18.1 Å². The number of aliphatic hydroxyl groups is 1. The monoisotopic (exact) mass is 229 g/mol. The fourth-order valence-electron chi connectivity index (χ4n) is 2.26. The first kappa shape index (κ1) is 11.3. The molecule has 2 aliphatic heterocycles. The van der Waals surface area contributed by atoms with E-state index in [0.717, 1.165) is 0 Å². The first-order valence-electron chi connectivity index (χ1n) is 5.38. The maximum absolute atomic E-state index is 12.0. The lowest BCUT2D eigenvalue weighted by molar-refractivity contribution is -0.149. The van der Waals surface area contributed by atoms with Crippen LogP contribution in [0.5, 0.6) is 0 Å². The molecular formula is C10H15NO5. The van der Waals surface area contributed by atoms with Gasteiger partial charge in [0, 0.05) is 19.6 Å². The van der Waals surface area contributed by atoms with Crippen molar-refractivity contribution < 1.29 is 24.5 Å². The molecule has 90 valence electrons. The first-order valence-corrected chi connectivity index (χ1v) is 5.38. The predicted molar refractivity (Wildman–Crippen MR) is 52.7 cm³/mol. The van der Waals surface area contributed by atoms with Crippen molar-refractivity contribution in [3.63, 3.8) is 0 Å². The number of carbonyl (C=O) groups excluding carboxylic acids is 1. The molecular weight excluding hydrogens is 214 g/mol. The summed E-state index contributed by atoms with van der Waals surface area (Å²) in [5.41, 5.74) is 0. The number of carboxylic acid groups (broad SMARTS) is 1. The highest BCUT2D eigenvalue weighted by molar-refractivity contribution is 5.86. The predicted octanol–water partition coefficient (Wildman–Crippen LogP) is -0.931. The molecule has 2 saturated heterocycles. The van der Waals surface area contributed by atoms with Crippen LogP contribution in [0, 0.1) is 5.92 Å². The molecule has 6 nitrogen and oxygen atoms in total. The van der Waals surface area contributed by atoms with Gasteiger partial charge in [-0.3, -0.25) is 4.79 Å². The number of β-amino-alcohol motifs (C(OH)–C–C–N with tert-alkyl or cyclic N) is 1. The van der Waals surface area contributed by atoms with Gasteiger partial charge in [-0.05, 0) is 6.42 Å². The standard InChI is InChI=1S/C10H15NO5/c12-7-3-8(10(14)15)11(4-7)9(13)6-1-2-16-5-6/h6-8,12H,1-5H2,(H,14,15)/t6?,7-,8+/m1/s1. The molecule has 3 atom stereocenters. The molecule has 0 saturated carbocycles. The van der Waals surface area contributed by atoms with Crippen LogP contribution in [0.25, 0.3) is 0 Å². The Morgan fingerprint density at radius 2 is 2.12 bits per heavy atom. The number of carboxylic acids is 1. The summed E-state index contributed by atoms with van der Waals surface area (Å²) in [4.78, 5) is 24.2. The van der Waals surface area contributed by atoms with Gasteiger partial charge in [0.1, 0.15) is 6.04 Å². The summed E-state index contributed by atoms with van der Waals surface area (Å²) in [6.07, 6.45) is 0.0271. The highest BCUT2D eigenvalue weighted by Gasteiger charge is 2.41. The van der Waals surface area contributed by atoms with E-state index in [1.165, 1.54) is 4.90 Å². The van der Waals surface area contributed by atoms with Crippen LogP contribution in [0.15, 0.2) is 0 Å². The zero-order valence-electron chi connectivity index (χ0n) is 8.83. The summed E-state index contributed by atoms with van der Waals surface area (Å²) in [5, 5.41) is 18.4. The van der Waals surface area contributed by atoms with Gasteiger partial charge in [-0.2, -0.15) is 0 Å². The van der Waals surface area contributed by atoms with E-state index in [0.29, 0.717) is 19.6 Å². The summed E-state index contributed by atoms with van der Waals surface area (Å²) in [5.74, 6) is -1.50. The van der Waals surface area contributed by atoms with Crippen LogP contribution in [0.2, 0.25) is 0 Å². The zero-order chi connectivity index (χ0) is 11.7. The molecule has 2 N–H and O–H groups in total. The fourth-order valence-corrected chi connectivity index (χ4v) is 2.26. The number of aliphatic carboxylic acids is 1. The Labute approximate surface area is 92.8 Å². The normalized spacial score (nSPS) is 34.3. The number of ether oxygens (including phenoxy) is 1. The largest absolute Gasteiger partial charge is 0.480 e. The van der Waals surface area contributed by atoms with Crippen LogP contribution in [-0.4, -0.2) is 58.9 Å². The maximum atomic E-state index is 12.0.